The Balaban J connectivity index is 1.52. The van der Waals surface area contributed by atoms with Gasteiger partial charge in [0.25, 0.3) is 5.91 Å². The van der Waals surface area contributed by atoms with Gasteiger partial charge in [-0.2, -0.15) is 0 Å². The molecule has 1 fully saturated rings. The van der Waals surface area contributed by atoms with Crippen LogP contribution in [0.1, 0.15) is 24.0 Å². The number of hydrogen-bond donors (Lipinski definition) is 1. The lowest BCUT2D eigenvalue weighted by Gasteiger charge is -2.19. The zero-order chi connectivity index (χ0) is 23.1. The van der Waals surface area contributed by atoms with Gasteiger partial charge in [-0.3, -0.25) is 4.79 Å². The highest BCUT2D eigenvalue weighted by Crippen LogP contribution is 2.36. The topological polar surface area (TPSA) is 77.1 Å². The molecule has 170 valence electrons. The Labute approximate surface area is 192 Å². The minimum Gasteiger partial charge on any atom is -0.493 e. The lowest BCUT2D eigenvalue weighted by atomic mass is 10.1. The summed E-state index contributed by atoms with van der Waals surface area (Å²) >= 11 is 6.16. The first-order valence-corrected chi connectivity index (χ1v) is 10.7. The number of ether oxygens (including phenoxy) is 3. The number of aryl methyl sites for hydroxylation is 1. The molecule has 0 spiro atoms. The number of nitrogens with one attached hydrogen (secondary N) is 1. The molecule has 0 saturated carbocycles. The molecule has 0 atom stereocenters. The van der Waals surface area contributed by atoms with E-state index in [-0.39, 0.29) is 6.61 Å². The smallest absolute Gasteiger partial charge is 0.331 e. The van der Waals surface area contributed by atoms with Crippen molar-refractivity contribution in [1.29, 1.82) is 0 Å². The van der Waals surface area contributed by atoms with Crippen molar-refractivity contribution in [2.24, 2.45) is 0 Å². The molecule has 0 aliphatic carbocycles. The van der Waals surface area contributed by atoms with Crippen molar-refractivity contribution in [1.82, 2.24) is 0 Å². The van der Waals surface area contributed by atoms with Crippen LogP contribution in [0, 0.1) is 6.92 Å². The van der Waals surface area contributed by atoms with E-state index in [1.807, 2.05) is 19.1 Å². The molecule has 0 radical (unpaired) electrons. The average molecular weight is 459 g/mol. The van der Waals surface area contributed by atoms with Crippen LogP contribution in [0.5, 0.6) is 11.5 Å². The summed E-state index contributed by atoms with van der Waals surface area (Å²) in [6, 6.07) is 9.24. The van der Waals surface area contributed by atoms with Gasteiger partial charge in [-0.05, 0) is 67.3 Å². The molecular weight excluding hydrogens is 432 g/mol. The van der Waals surface area contributed by atoms with Crippen LogP contribution in [-0.2, 0) is 14.3 Å². The minimum absolute atomic E-state index is 0.352. The van der Waals surface area contributed by atoms with Crippen LogP contribution >= 0.6 is 11.6 Å². The molecule has 1 heterocycles. The third kappa shape index (κ3) is 5.95. The van der Waals surface area contributed by atoms with Crippen molar-refractivity contribution in [2.75, 3.05) is 44.1 Å². The number of halogens is 1. The molecule has 0 bridgehead atoms. The molecule has 0 aromatic heterocycles. The molecule has 1 aliphatic heterocycles. The highest BCUT2D eigenvalue weighted by molar-refractivity contribution is 6.32. The second kappa shape index (κ2) is 10.9. The lowest BCUT2D eigenvalue weighted by molar-refractivity contribution is -0.142. The molecule has 7 nitrogen and oxygen atoms in total. The maximum absolute atomic E-state index is 12.2. The molecule has 0 unspecified atom stereocenters. The second-order valence-corrected chi connectivity index (χ2v) is 7.83. The number of nitrogens with zero attached hydrogens (tertiary/aromatic N) is 1. The second-order valence-electron chi connectivity index (χ2n) is 7.42. The largest absolute Gasteiger partial charge is 0.493 e. The third-order valence-electron chi connectivity index (χ3n) is 5.17. The highest BCUT2D eigenvalue weighted by atomic mass is 35.5. The van der Waals surface area contributed by atoms with Gasteiger partial charge in [0.05, 0.1) is 19.2 Å². The van der Waals surface area contributed by atoms with Crippen LogP contribution in [0.25, 0.3) is 6.08 Å². The lowest BCUT2D eigenvalue weighted by Crippen LogP contribution is -2.21. The number of anilines is 2. The molecule has 3 rings (SSSR count). The first-order valence-electron chi connectivity index (χ1n) is 10.3. The van der Waals surface area contributed by atoms with Gasteiger partial charge in [0.2, 0.25) is 0 Å². The van der Waals surface area contributed by atoms with Crippen LogP contribution in [0.15, 0.2) is 36.4 Å². The van der Waals surface area contributed by atoms with E-state index in [9.17, 15) is 9.59 Å². The zero-order valence-corrected chi connectivity index (χ0v) is 19.2. The van der Waals surface area contributed by atoms with Gasteiger partial charge >= 0.3 is 5.97 Å². The van der Waals surface area contributed by atoms with Gasteiger partial charge < -0.3 is 24.4 Å². The van der Waals surface area contributed by atoms with Gasteiger partial charge in [-0.15, -0.1) is 0 Å². The number of benzene rings is 2. The number of methoxy groups -OCH3 is 2. The first kappa shape index (κ1) is 23.5. The van der Waals surface area contributed by atoms with Crippen molar-refractivity contribution >= 4 is 40.9 Å². The summed E-state index contributed by atoms with van der Waals surface area (Å²) in [5.41, 5.74) is 3.44. The van der Waals surface area contributed by atoms with E-state index < -0.39 is 11.9 Å². The van der Waals surface area contributed by atoms with E-state index in [0.29, 0.717) is 27.8 Å². The highest BCUT2D eigenvalue weighted by Gasteiger charge is 2.14. The van der Waals surface area contributed by atoms with E-state index in [0.717, 1.165) is 24.3 Å². The van der Waals surface area contributed by atoms with Crippen molar-refractivity contribution < 1.29 is 23.8 Å². The summed E-state index contributed by atoms with van der Waals surface area (Å²) in [6.07, 6.45) is 5.16. The molecular formula is C24H27ClN2O5. The fraction of sp³-hybridized carbons (Fsp3) is 0.333. The summed E-state index contributed by atoms with van der Waals surface area (Å²) in [6.45, 7) is 3.68. The van der Waals surface area contributed by atoms with Crippen LogP contribution in [0.3, 0.4) is 0 Å². The molecule has 2 aromatic carbocycles. The predicted octanol–water partition coefficient (Wildman–Crippen LogP) is 4.46. The third-order valence-corrected chi connectivity index (χ3v) is 5.45. The van der Waals surface area contributed by atoms with Crippen molar-refractivity contribution in [3.63, 3.8) is 0 Å². The van der Waals surface area contributed by atoms with Crippen LogP contribution in [-0.4, -0.2) is 45.8 Å². The number of esters is 1. The molecule has 1 amide bonds. The quantitative estimate of drug-likeness (QED) is 0.465. The van der Waals surface area contributed by atoms with Crippen molar-refractivity contribution in [2.45, 2.75) is 19.8 Å². The van der Waals surface area contributed by atoms with E-state index >= 15 is 0 Å². The molecule has 8 heteroatoms. The Hall–Kier alpha value is -3.19. The number of carbonyl (C=O) groups is 2. The fourth-order valence-electron chi connectivity index (χ4n) is 3.53. The van der Waals surface area contributed by atoms with Crippen LogP contribution < -0.4 is 19.7 Å². The number of carbonyl (C=O) groups excluding carboxylic acids is 2. The minimum atomic E-state index is -0.646. The summed E-state index contributed by atoms with van der Waals surface area (Å²) in [5, 5.41) is 3.14. The zero-order valence-electron chi connectivity index (χ0n) is 18.4. The van der Waals surface area contributed by atoms with Gasteiger partial charge in [0.15, 0.2) is 18.1 Å². The van der Waals surface area contributed by atoms with Gasteiger partial charge in [0.1, 0.15) is 0 Å². The Morgan fingerprint density at radius 2 is 1.88 bits per heavy atom. The maximum atomic E-state index is 12.2. The summed E-state index contributed by atoms with van der Waals surface area (Å²) in [5.74, 6) is -0.196. The maximum Gasteiger partial charge on any atom is 0.331 e. The molecule has 1 aliphatic rings. The summed E-state index contributed by atoms with van der Waals surface area (Å²) in [7, 11) is 2.99. The molecule has 32 heavy (non-hydrogen) atoms. The Morgan fingerprint density at radius 3 is 2.53 bits per heavy atom. The standard InChI is InChI=1S/C24H27ClN2O5/c1-16-12-18(27-10-4-5-11-27)7-8-20(16)26-22(28)15-32-23(29)9-6-17-13-19(25)24(31-3)21(14-17)30-2/h6-9,12-14H,4-5,10-11,15H2,1-3H3,(H,26,28)/b9-6+. The number of hydrogen-bond acceptors (Lipinski definition) is 6. The average Bonchev–Trinajstić information content (AvgIpc) is 3.32. The van der Waals surface area contributed by atoms with E-state index in [2.05, 4.69) is 16.3 Å². The summed E-state index contributed by atoms with van der Waals surface area (Å²) < 4.78 is 15.5. The summed E-state index contributed by atoms with van der Waals surface area (Å²) in [4.78, 5) is 26.6. The van der Waals surface area contributed by atoms with Gasteiger partial charge in [-0.25, -0.2) is 4.79 Å². The fourth-order valence-corrected chi connectivity index (χ4v) is 3.83. The number of rotatable bonds is 8. The normalized spacial score (nSPS) is 13.3. The van der Waals surface area contributed by atoms with Gasteiger partial charge in [-0.1, -0.05) is 11.6 Å². The van der Waals surface area contributed by atoms with E-state index in [1.54, 1.807) is 12.1 Å². The van der Waals surface area contributed by atoms with Crippen molar-refractivity contribution in [3.8, 4) is 11.5 Å². The first-order chi connectivity index (χ1) is 15.4. The monoisotopic (exact) mass is 458 g/mol. The van der Waals surface area contributed by atoms with Gasteiger partial charge in [0, 0.05) is 30.5 Å². The number of amides is 1. The Kier molecular flexibility index (Phi) is 8.00. The SMILES string of the molecule is COc1cc(/C=C/C(=O)OCC(=O)Nc2ccc(N3CCCC3)cc2C)cc(Cl)c1OC. The van der Waals surface area contributed by atoms with Crippen LogP contribution in [0.2, 0.25) is 5.02 Å². The molecule has 1 N–H and O–H groups in total. The Morgan fingerprint density at radius 1 is 1.12 bits per heavy atom. The van der Waals surface area contributed by atoms with Crippen LogP contribution in [0.4, 0.5) is 11.4 Å². The van der Waals surface area contributed by atoms with E-state index in [4.69, 9.17) is 25.8 Å². The van der Waals surface area contributed by atoms with Crippen molar-refractivity contribution in [3.05, 3.63) is 52.6 Å². The molecule has 2 aromatic rings. The molecule has 1 saturated heterocycles. The predicted molar refractivity (Wildman–Crippen MR) is 126 cm³/mol. The van der Waals surface area contributed by atoms with E-state index in [1.165, 1.54) is 39.2 Å². The Bertz CT molecular complexity index is 1020.